The molecule has 1 aromatic heterocycles. The number of likely N-dealkylation sites (tertiary alicyclic amines) is 1. The number of pyridine rings is 1. The maximum Gasteiger partial charge on any atom is 0.253 e. The number of piperidine rings is 1. The largest absolute Gasteiger partial charge is 0.365 e. The minimum atomic E-state index is -0.458. The van der Waals surface area contributed by atoms with Crippen molar-refractivity contribution in [2.24, 2.45) is 0 Å². The van der Waals surface area contributed by atoms with Gasteiger partial charge < -0.3 is 14.5 Å². The highest BCUT2D eigenvalue weighted by Gasteiger charge is 2.31. The first-order chi connectivity index (χ1) is 10.8. The molecular weight excluding hydrogens is 280 g/mol. The molecule has 0 aromatic carbocycles. The predicted octanol–water partition coefficient (Wildman–Crippen LogP) is 1.17. The summed E-state index contributed by atoms with van der Waals surface area (Å²) >= 11 is 0. The van der Waals surface area contributed by atoms with Crippen molar-refractivity contribution in [2.75, 3.05) is 37.7 Å². The van der Waals surface area contributed by atoms with Crippen molar-refractivity contribution >= 4 is 11.7 Å². The minimum Gasteiger partial charge on any atom is -0.365 e. The quantitative estimate of drug-likeness (QED) is 0.820. The van der Waals surface area contributed by atoms with Gasteiger partial charge in [0.25, 0.3) is 5.91 Å². The van der Waals surface area contributed by atoms with Crippen molar-refractivity contribution < 1.29 is 9.53 Å². The average molecular weight is 300 g/mol. The molecule has 6 nitrogen and oxygen atoms in total. The fourth-order valence-corrected chi connectivity index (χ4v) is 3.05. The molecule has 2 aliphatic rings. The number of ether oxygens (including phenoxy) is 1. The van der Waals surface area contributed by atoms with Gasteiger partial charge in [-0.3, -0.25) is 4.79 Å². The summed E-state index contributed by atoms with van der Waals surface area (Å²) in [6, 6.07) is 5.66. The number of hydrogen-bond acceptors (Lipinski definition) is 5. The maximum absolute atomic E-state index is 12.6. The summed E-state index contributed by atoms with van der Waals surface area (Å²) in [6.45, 7) is 3.24. The maximum atomic E-state index is 12.6. The second-order valence-electron chi connectivity index (χ2n) is 5.68. The van der Waals surface area contributed by atoms with E-state index in [1.165, 1.54) is 6.42 Å². The molecule has 116 valence electrons. The number of rotatable bonds is 2. The summed E-state index contributed by atoms with van der Waals surface area (Å²) in [4.78, 5) is 20.8. The first-order valence-corrected chi connectivity index (χ1v) is 7.80. The molecule has 2 fully saturated rings. The normalized spacial score (nSPS) is 22.2. The summed E-state index contributed by atoms with van der Waals surface area (Å²) in [5.41, 5.74) is 0.536. The molecule has 1 aromatic rings. The third-order valence-corrected chi connectivity index (χ3v) is 4.22. The van der Waals surface area contributed by atoms with Crippen LogP contribution in [-0.2, 0) is 9.53 Å². The van der Waals surface area contributed by atoms with E-state index in [2.05, 4.69) is 11.1 Å². The lowest BCUT2D eigenvalue weighted by Crippen LogP contribution is -2.52. The number of morpholine rings is 1. The highest BCUT2D eigenvalue weighted by atomic mass is 16.5. The zero-order valence-corrected chi connectivity index (χ0v) is 12.6. The summed E-state index contributed by atoms with van der Waals surface area (Å²) < 4.78 is 5.67. The van der Waals surface area contributed by atoms with Gasteiger partial charge in [0.05, 0.1) is 18.7 Å². The second kappa shape index (κ2) is 6.75. The van der Waals surface area contributed by atoms with Gasteiger partial charge in [0, 0.05) is 25.8 Å². The number of aromatic nitrogens is 1. The molecule has 2 saturated heterocycles. The Hall–Kier alpha value is -2.13. The van der Waals surface area contributed by atoms with Crippen LogP contribution in [0, 0.1) is 11.3 Å². The van der Waals surface area contributed by atoms with E-state index in [9.17, 15) is 10.1 Å². The molecule has 2 aliphatic heterocycles. The Labute approximate surface area is 130 Å². The zero-order chi connectivity index (χ0) is 15.4. The molecule has 1 atom stereocenters. The fourth-order valence-electron chi connectivity index (χ4n) is 3.05. The van der Waals surface area contributed by atoms with Crippen LogP contribution in [0.1, 0.15) is 24.8 Å². The molecule has 0 radical (unpaired) electrons. The first-order valence-electron chi connectivity index (χ1n) is 7.80. The van der Waals surface area contributed by atoms with Gasteiger partial charge in [0.2, 0.25) is 0 Å². The Morgan fingerprint density at radius 1 is 1.32 bits per heavy atom. The van der Waals surface area contributed by atoms with Crippen LogP contribution in [0.5, 0.6) is 0 Å². The van der Waals surface area contributed by atoms with E-state index in [4.69, 9.17) is 4.74 Å². The Bertz CT molecular complexity index is 578. The second-order valence-corrected chi connectivity index (χ2v) is 5.68. The average Bonchev–Trinajstić information content (AvgIpc) is 2.62. The number of hydrogen-bond donors (Lipinski definition) is 0. The zero-order valence-electron chi connectivity index (χ0n) is 12.6. The standard InChI is InChI=1S/C16H20N4O2/c17-11-13-5-4-6-18-15(13)20-9-10-22-14(12-20)16(21)19-7-2-1-3-8-19/h4-6,14H,1-3,7-10,12H2. The number of carbonyl (C=O) groups is 1. The Morgan fingerprint density at radius 3 is 2.91 bits per heavy atom. The van der Waals surface area contributed by atoms with Crippen LogP contribution < -0.4 is 4.90 Å². The SMILES string of the molecule is N#Cc1cccnc1N1CCOC(C(=O)N2CCCCC2)C1. The molecule has 6 heteroatoms. The molecule has 0 N–H and O–H groups in total. The van der Waals surface area contributed by atoms with E-state index >= 15 is 0 Å². The summed E-state index contributed by atoms with van der Waals surface area (Å²) in [5.74, 6) is 0.712. The Morgan fingerprint density at radius 2 is 2.14 bits per heavy atom. The number of carbonyl (C=O) groups excluding carboxylic acids is 1. The van der Waals surface area contributed by atoms with Gasteiger partial charge in [0.1, 0.15) is 11.9 Å². The van der Waals surface area contributed by atoms with Gasteiger partial charge >= 0.3 is 0 Å². The van der Waals surface area contributed by atoms with Crippen molar-refractivity contribution in [3.63, 3.8) is 0 Å². The molecule has 1 unspecified atom stereocenters. The summed E-state index contributed by atoms with van der Waals surface area (Å²) in [7, 11) is 0. The monoisotopic (exact) mass is 300 g/mol. The van der Waals surface area contributed by atoms with Crippen molar-refractivity contribution in [3.8, 4) is 6.07 Å². The number of nitriles is 1. The third kappa shape index (κ3) is 3.04. The Balaban J connectivity index is 1.71. The molecule has 22 heavy (non-hydrogen) atoms. The molecule has 3 heterocycles. The van der Waals surface area contributed by atoms with E-state index < -0.39 is 6.10 Å². The number of amides is 1. The molecule has 1 amide bonds. The predicted molar refractivity (Wildman–Crippen MR) is 81.3 cm³/mol. The lowest BCUT2D eigenvalue weighted by atomic mass is 10.1. The molecule has 0 aliphatic carbocycles. The van der Waals surface area contributed by atoms with Crippen LogP contribution in [0.3, 0.4) is 0 Å². The van der Waals surface area contributed by atoms with Crippen LogP contribution in [0.2, 0.25) is 0 Å². The van der Waals surface area contributed by atoms with Gasteiger partial charge in [0.15, 0.2) is 6.10 Å². The lowest BCUT2D eigenvalue weighted by Gasteiger charge is -2.36. The topological polar surface area (TPSA) is 69.5 Å². The van der Waals surface area contributed by atoms with Gasteiger partial charge in [-0.1, -0.05) is 0 Å². The van der Waals surface area contributed by atoms with Crippen LogP contribution in [-0.4, -0.2) is 54.7 Å². The van der Waals surface area contributed by atoms with Crippen molar-refractivity contribution in [1.29, 1.82) is 5.26 Å². The van der Waals surface area contributed by atoms with Crippen molar-refractivity contribution in [2.45, 2.75) is 25.4 Å². The summed E-state index contributed by atoms with van der Waals surface area (Å²) in [5, 5.41) is 9.20. The molecule has 0 saturated carbocycles. The van der Waals surface area contributed by atoms with Gasteiger partial charge in [-0.05, 0) is 31.4 Å². The van der Waals surface area contributed by atoms with E-state index in [1.54, 1.807) is 18.3 Å². The summed E-state index contributed by atoms with van der Waals surface area (Å²) in [6.07, 6.45) is 4.55. The number of anilines is 1. The fraction of sp³-hybridized carbons (Fsp3) is 0.562. The minimum absolute atomic E-state index is 0.0684. The van der Waals surface area contributed by atoms with Gasteiger partial charge in [-0.15, -0.1) is 0 Å². The highest BCUT2D eigenvalue weighted by Crippen LogP contribution is 2.21. The van der Waals surface area contributed by atoms with Gasteiger partial charge in [-0.25, -0.2) is 4.98 Å². The third-order valence-electron chi connectivity index (χ3n) is 4.22. The van der Waals surface area contributed by atoms with E-state index in [0.29, 0.717) is 31.1 Å². The molecule has 0 bridgehead atoms. The molecule has 0 spiro atoms. The molecule has 3 rings (SSSR count). The first kappa shape index (κ1) is 14.8. The lowest BCUT2D eigenvalue weighted by molar-refractivity contribution is -0.145. The van der Waals surface area contributed by atoms with E-state index in [1.807, 2.05) is 9.80 Å². The van der Waals surface area contributed by atoms with E-state index in [0.717, 1.165) is 25.9 Å². The highest BCUT2D eigenvalue weighted by molar-refractivity contribution is 5.82. The van der Waals surface area contributed by atoms with Crippen LogP contribution >= 0.6 is 0 Å². The van der Waals surface area contributed by atoms with Crippen LogP contribution in [0.15, 0.2) is 18.3 Å². The van der Waals surface area contributed by atoms with Gasteiger partial charge in [-0.2, -0.15) is 5.26 Å². The Kier molecular flexibility index (Phi) is 4.54. The van der Waals surface area contributed by atoms with Crippen LogP contribution in [0.25, 0.3) is 0 Å². The van der Waals surface area contributed by atoms with Crippen molar-refractivity contribution in [1.82, 2.24) is 9.88 Å². The van der Waals surface area contributed by atoms with Crippen LogP contribution in [0.4, 0.5) is 5.82 Å². The number of nitrogens with zero attached hydrogens (tertiary/aromatic N) is 4. The smallest absolute Gasteiger partial charge is 0.253 e. The van der Waals surface area contributed by atoms with E-state index in [-0.39, 0.29) is 5.91 Å². The van der Waals surface area contributed by atoms with Crippen molar-refractivity contribution in [3.05, 3.63) is 23.9 Å². The molecular formula is C16H20N4O2.